The van der Waals surface area contributed by atoms with Crippen molar-refractivity contribution < 1.29 is 13.2 Å². The van der Waals surface area contributed by atoms with Gasteiger partial charge in [0.2, 0.25) is 10.0 Å². The summed E-state index contributed by atoms with van der Waals surface area (Å²) in [7, 11) is 0.697. The van der Waals surface area contributed by atoms with Crippen LogP contribution in [0, 0.1) is 0 Å². The number of rotatable bonds is 6. The molecule has 27 heavy (non-hydrogen) atoms. The van der Waals surface area contributed by atoms with Crippen LogP contribution in [-0.4, -0.2) is 99.8 Å². The van der Waals surface area contributed by atoms with Crippen molar-refractivity contribution in [3.8, 4) is 0 Å². The Hall–Kier alpha value is -1.48. The molecule has 1 amide bonds. The maximum Gasteiger partial charge on any atom is 0.253 e. The van der Waals surface area contributed by atoms with Gasteiger partial charge in [0.25, 0.3) is 5.91 Å². The van der Waals surface area contributed by atoms with Gasteiger partial charge in [-0.3, -0.25) is 9.69 Å². The molecule has 7 nitrogen and oxygen atoms in total. The SMILES string of the molecule is CN(C)CCN1CCN(C(=O)c2ccc(S(=O)(=O)N3CCCC3)cc2)CC1. The van der Waals surface area contributed by atoms with Crippen molar-refractivity contribution in [1.82, 2.24) is 19.0 Å². The average molecular weight is 395 g/mol. The van der Waals surface area contributed by atoms with E-state index in [1.165, 1.54) is 4.31 Å². The minimum Gasteiger partial charge on any atom is -0.336 e. The summed E-state index contributed by atoms with van der Waals surface area (Å²) in [5.41, 5.74) is 0.553. The normalized spacial score (nSPS) is 19.7. The Balaban J connectivity index is 1.58. The largest absolute Gasteiger partial charge is 0.336 e. The first kappa shape index (κ1) is 20.3. The third kappa shape index (κ3) is 4.87. The van der Waals surface area contributed by atoms with Crippen LogP contribution in [0.2, 0.25) is 0 Å². The van der Waals surface area contributed by atoms with Crippen LogP contribution < -0.4 is 0 Å². The lowest BCUT2D eigenvalue weighted by Crippen LogP contribution is -2.49. The molecule has 0 saturated carbocycles. The fourth-order valence-corrected chi connectivity index (χ4v) is 5.06. The Morgan fingerprint density at radius 1 is 0.963 bits per heavy atom. The molecule has 3 rings (SSSR count). The van der Waals surface area contributed by atoms with E-state index >= 15 is 0 Å². The summed E-state index contributed by atoms with van der Waals surface area (Å²) in [5.74, 6) is -0.0209. The van der Waals surface area contributed by atoms with Crippen molar-refractivity contribution in [2.45, 2.75) is 17.7 Å². The van der Waals surface area contributed by atoms with Gasteiger partial charge < -0.3 is 9.80 Å². The Morgan fingerprint density at radius 3 is 2.11 bits per heavy atom. The van der Waals surface area contributed by atoms with Crippen molar-refractivity contribution in [2.24, 2.45) is 0 Å². The Kier molecular flexibility index (Phi) is 6.52. The first-order valence-electron chi connectivity index (χ1n) is 9.64. The van der Waals surface area contributed by atoms with E-state index in [-0.39, 0.29) is 10.8 Å². The summed E-state index contributed by atoms with van der Waals surface area (Å²) >= 11 is 0. The van der Waals surface area contributed by atoms with E-state index in [0.717, 1.165) is 39.0 Å². The summed E-state index contributed by atoms with van der Waals surface area (Å²) in [4.78, 5) is 19.4. The molecular formula is C19H30N4O3S. The first-order chi connectivity index (χ1) is 12.9. The van der Waals surface area contributed by atoms with Gasteiger partial charge in [-0.2, -0.15) is 4.31 Å². The number of hydrogen-bond acceptors (Lipinski definition) is 5. The highest BCUT2D eigenvalue weighted by Crippen LogP contribution is 2.21. The Morgan fingerprint density at radius 2 is 1.56 bits per heavy atom. The molecule has 2 fully saturated rings. The quantitative estimate of drug-likeness (QED) is 0.714. The molecule has 0 spiro atoms. The Labute approximate surface area is 162 Å². The number of sulfonamides is 1. The third-order valence-corrected chi connectivity index (χ3v) is 7.24. The zero-order valence-electron chi connectivity index (χ0n) is 16.3. The lowest BCUT2D eigenvalue weighted by Gasteiger charge is -2.35. The van der Waals surface area contributed by atoms with Gasteiger partial charge in [0.05, 0.1) is 4.90 Å². The number of piperazine rings is 1. The molecule has 2 saturated heterocycles. The minimum atomic E-state index is -3.43. The standard InChI is InChI=1S/C19H30N4O3S/c1-20(2)11-12-21-13-15-22(16-14-21)19(24)17-5-7-18(8-6-17)27(25,26)23-9-3-4-10-23/h5-8H,3-4,9-16H2,1-2H3. The zero-order chi connectivity index (χ0) is 19.4. The van der Waals surface area contributed by atoms with E-state index < -0.39 is 10.0 Å². The van der Waals surface area contributed by atoms with Crippen LogP contribution in [0.1, 0.15) is 23.2 Å². The number of likely N-dealkylation sites (N-methyl/N-ethyl adjacent to an activating group) is 1. The maximum atomic E-state index is 12.7. The highest BCUT2D eigenvalue weighted by molar-refractivity contribution is 7.89. The van der Waals surface area contributed by atoms with E-state index in [1.807, 2.05) is 4.90 Å². The molecule has 2 aliphatic heterocycles. The van der Waals surface area contributed by atoms with Gasteiger partial charge in [-0.05, 0) is 51.2 Å². The fraction of sp³-hybridized carbons (Fsp3) is 0.632. The van der Waals surface area contributed by atoms with Gasteiger partial charge in [0.15, 0.2) is 0 Å². The van der Waals surface area contributed by atoms with Crippen LogP contribution in [0.25, 0.3) is 0 Å². The first-order valence-corrected chi connectivity index (χ1v) is 11.1. The Bertz CT molecular complexity index is 735. The summed E-state index contributed by atoms with van der Waals surface area (Å²) < 4.78 is 26.7. The van der Waals surface area contributed by atoms with Crippen LogP contribution in [0.3, 0.4) is 0 Å². The predicted octanol–water partition coefficient (Wildman–Crippen LogP) is 0.791. The number of hydrogen-bond donors (Lipinski definition) is 0. The second-order valence-electron chi connectivity index (χ2n) is 7.57. The maximum absolute atomic E-state index is 12.7. The molecule has 1 aromatic rings. The van der Waals surface area contributed by atoms with Crippen LogP contribution in [0.4, 0.5) is 0 Å². The lowest BCUT2D eigenvalue weighted by atomic mass is 10.2. The highest BCUT2D eigenvalue weighted by Gasteiger charge is 2.28. The van der Waals surface area contributed by atoms with Gasteiger partial charge in [-0.1, -0.05) is 0 Å². The van der Waals surface area contributed by atoms with Crippen molar-refractivity contribution in [3.63, 3.8) is 0 Å². The molecule has 0 N–H and O–H groups in total. The fourth-order valence-electron chi connectivity index (χ4n) is 3.55. The summed E-state index contributed by atoms with van der Waals surface area (Å²) in [5, 5.41) is 0. The van der Waals surface area contributed by atoms with Gasteiger partial charge in [0, 0.05) is 57.9 Å². The van der Waals surface area contributed by atoms with Crippen molar-refractivity contribution in [3.05, 3.63) is 29.8 Å². The van der Waals surface area contributed by atoms with Crippen molar-refractivity contribution >= 4 is 15.9 Å². The highest BCUT2D eigenvalue weighted by atomic mass is 32.2. The number of nitrogens with zero attached hydrogens (tertiary/aromatic N) is 4. The van der Waals surface area contributed by atoms with E-state index in [2.05, 4.69) is 23.9 Å². The average Bonchev–Trinajstić information content (AvgIpc) is 3.22. The lowest BCUT2D eigenvalue weighted by molar-refractivity contribution is 0.0629. The van der Waals surface area contributed by atoms with Crippen LogP contribution >= 0.6 is 0 Å². The second-order valence-corrected chi connectivity index (χ2v) is 9.51. The monoisotopic (exact) mass is 394 g/mol. The van der Waals surface area contributed by atoms with Crippen LogP contribution in [0.15, 0.2) is 29.2 Å². The third-order valence-electron chi connectivity index (χ3n) is 5.33. The molecule has 2 heterocycles. The van der Waals surface area contributed by atoms with Crippen LogP contribution in [-0.2, 0) is 10.0 Å². The number of amides is 1. The number of carbonyl (C=O) groups is 1. The van der Waals surface area contributed by atoms with Gasteiger partial charge in [-0.25, -0.2) is 8.42 Å². The predicted molar refractivity (Wildman–Crippen MR) is 105 cm³/mol. The number of benzene rings is 1. The van der Waals surface area contributed by atoms with E-state index in [0.29, 0.717) is 31.7 Å². The molecule has 0 aromatic heterocycles. The van der Waals surface area contributed by atoms with Gasteiger partial charge in [0.1, 0.15) is 0 Å². The molecule has 0 atom stereocenters. The molecule has 1 aromatic carbocycles. The molecule has 0 bridgehead atoms. The van der Waals surface area contributed by atoms with E-state index in [1.54, 1.807) is 24.3 Å². The minimum absolute atomic E-state index is 0.0209. The van der Waals surface area contributed by atoms with Gasteiger partial charge >= 0.3 is 0 Å². The van der Waals surface area contributed by atoms with Crippen LogP contribution in [0.5, 0.6) is 0 Å². The summed E-state index contributed by atoms with van der Waals surface area (Å²) in [6.45, 7) is 6.36. The molecule has 8 heteroatoms. The van der Waals surface area contributed by atoms with E-state index in [9.17, 15) is 13.2 Å². The van der Waals surface area contributed by atoms with Crippen molar-refractivity contribution in [1.29, 1.82) is 0 Å². The second kappa shape index (κ2) is 8.68. The summed E-state index contributed by atoms with van der Waals surface area (Å²) in [6.07, 6.45) is 1.83. The smallest absolute Gasteiger partial charge is 0.253 e. The number of carbonyl (C=O) groups excluding carboxylic acids is 1. The molecule has 150 valence electrons. The molecule has 0 unspecified atom stereocenters. The topological polar surface area (TPSA) is 64.2 Å². The molecule has 0 radical (unpaired) electrons. The molecule has 2 aliphatic rings. The molecule has 0 aliphatic carbocycles. The molecular weight excluding hydrogens is 364 g/mol. The van der Waals surface area contributed by atoms with Gasteiger partial charge in [-0.15, -0.1) is 0 Å². The van der Waals surface area contributed by atoms with Crippen molar-refractivity contribution in [2.75, 3.05) is 66.5 Å². The van der Waals surface area contributed by atoms with E-state index in [4.69, 9.17) is 0 Å². The summed E-state index contributed by atoms with van der Waals surface area (Å²) in [6, 6.07) is 6.41. The zero-order valence-corrected chi connectivity index (χ0v) is 17.1.